The van der Waals surface area contributed by atoms with Crippen molar-refractivity contribution in [3.05, 3.63) is 44.7 Å². The molecule has 2 aromatic rings. The number of hydrogen-bond donors (Lipinski definition) is 1. The zero-order valence-electron chi connectivity index (χ0n) is 9.91. The highest BCUT2D eigenvalue weighted by Gasteiger charge is 2.31. The molecule has 0 aliphatic carbocycles. The lowest BCUT2D eigenvalue weighted by molar-refractivity contribution is -0.137. The van der Waals surface area contributed by atoms with Crippen LogP contribution in [0.25, 0.3) is 0 Å². The molecule has 21 heavy (non-hydrogen) atoms. The minimum atomic E-state index is -4.59. The minimum absolute atomic E-state index is 0.0454. The predicted octanol–water partition coefficient (Wildman–Crippen LogP) is 4.98. The van der Waals surface area contributed by atoms with Crippen molar-refractivity contribution in [3.63, 3.8) is 0 Å². The van der Waals surface area contributed by atoms with E-state index in [1.165, 1.54) is 11.4 Å². The molecule has 3 nitrogen and oxygen atoms in total. The van der Waals surface area contributed by atoms with Crippen LogP contribution in [-0.2, 0) is 16.2 Å². The molecular weight excluding hydrogens is 415 g/mol. The van der Waals surface area contributed by atoms with E-state index in [0.29, 0.717) is 10.5 Å². The smallest absolute Gasteiger partial charge is 0.277 e. The predicted molar refractivity (Wildman–Crippen MR) is 79.3 cm³/mol. The first kappa shape index (κ1) is 16.6. The SMILES string of the molecule is O=S(=O)(Nc1cc(C(F)(F)F)ccc1Cl)c1sccc1Br. The Morgan fingerprint density at radius 2 is 1.90 bits per heavy atom. The molecular formula is C11H6BrClF3NO2S2. The van der Waals surface area contributed by atoms with Crippen molar-refractivity contribution in [2.45, 2.75) is 10.4 Å². The van der Waals surface area contributed by atoms with Gasteiger partial charge in [0, 0.05) is 4.47 Å². The molecule has 0 atom stereocenters. The standard InChI is InChI=1S/C11H6BrClF3NO2S2/c12-7-3-4-20-10(7)21(18,19)17-9-5-6(11(14,15)16)1-2-8(9)13/h1-5,17H. The van der Waals surface area contributed by atoms with E-state index in [4.69, 9.17) is 11.6 Å². The molecule has 0 amide bonds. The van der Waals surface area contributed by atoms with Crippen LogP contribution >= 0.6 is 38.9 Å². The second-order valence-electron chi connectivity index (χ2n) is 3.85. The Morgan fingerprint density at radius 1 is 1.24 bits per heavy atom. The highest BCUT2D eigenvalue weighted by atomic mass is 79.9. The number of anilines is 1. The third kappa shape index (κ3) is 3.71. The molecule has 0 aliphatic heterocycles. The zero-order chi connectivity index (χ0) is 15.8. The molecule has 1 N–H and O–H groups in total. The van der Waals surface area contributed by atoms with E-state index in [1.807, 2.05) is 0 Å². The number of nitrogens with one attached hydrogen (secondary N) is 1. The third-order valence-corrected chi connectivity index (χ3v) is 6.73. The fraction of sp³-hybridized carbons (Fsp3) is 0.0909. The molecule has 2 rings (SSSR count). The van der Waals surface area contributed by atoms with E-state index in [1.54, 1.807) is 0 Å². The highest BCUT2D eigenvalue weighted by Crippen LogP contribution is 2.36. The van der Waals surface area contributed by atoms with Crippen molar-refractivity contribution >= 4 is 54.6 Å². The number of hydrogen-bond acceptors (Lipinski definition) is 3. The summed E-state index contributed by atoms with van der Waals surface area (Å²) in [5.74, 6) is 0. The summed E-state index contributed by atoms with van der Waals surface area (Å²) in [5.41, 5.74) is -1.32. The average molecular weight is 421 g/mol. The Balaban J connectivity index is 2.42. The monoisotopic (exact) mass is 419 g/mol. The van der Waals surface area contributed by atoms with Gasteiger partial charge in [0.15, 0.2) is 4.21 Å². The molecule has 10 heteroatoms. The van der Waals surface area contributed by atoms with Gasteiger partial charge < -0.3 is 0 Å². The Hall–Kier alpha value is -0.770. The van der Waals surface area contributed by atoms with E-state index >= 15 is 0 Å². The lowest BCUT2D eigenvalue weighted by atomic mass is 10.2. The van der Waals surface area contributed by atoms with E-state index in [-0.39, 0.29) is 14.9 Å². The molecule has 0 aliphatic rings. The molecule has 0 unspecified atom stereocenters. The van der Waals surface area contributed by atoms with Gasteiger partial charge >= 0.3 is 6.18 Å². The Morgan fingerprint density at radius 3 is 2.43 bits per heavy atom. The van der Waals surface area contributed by atoms with Crippen LogP contribution in [0.1, 0.15) is 5.56 Å². The quantitative estimate of drug-likeness (QED) is 0.761. The van der Waals surface area contributed by atoms with Crippen LogP contribution < -0.4 is 4.72 Å². The van der Waals surface area contributed by atoms with Gasteiger partial charge in [-0.05, 0) is 45.6 Å². The molecule has 0 saturated carbocycles. The number of benzene rings is 1. The van der Waals surface area contributed by atoms with E-state index in [0.717, 1.165) is 23.5 Å². The van der Waals surface area contributed by atoms with Gasteiger partial charge in [-0.15, -0.1) is 11.3 Å². The topological polar surface area (TPSA) is 46.2 Å². The van der Waals surface area contributed by atoms with E-state index in [9.17, 15) is 21.6 Å². The van der Waals surface area contributed by atoms with Gasteiger partial charge in [0.25, 0.3) is 10.0 Å². The number of thiophene rings is 1. The second-order valence-corrected chi connectivity index (χ2v) is 7.91. The molecule has 1 aromatic carbocycles. The number of sulfonamides is 1. The van der Waals surface area contributed by atoms with Gasteiger partial charge in [-0.1, -0.05) is 11.6 Å². The fourth-order valence-corrected chi connectivity index (χ4v) is 5.07. The van der Waals surface area contributed by atoms with Gasteiger partial charge in [-0.25, -0.2) is 8.42 Å². The van der Waals surface area contributed by atoms with Crippen LogP contribution in [0.4, 0.5) is 18.9 Å². The number of alkyl halides is 3. The van der Waals surface area contributed by atoms with Crippen molar-refractivity contribution in [2.75, 3.05) is 4.72 Å². The summed E-state index contributed by atoms with van der Waals surface area (Å²) in [6.45, 7) is 0. The van der Waals surface area contributed by atoms with Crippen LogP contribution in [0.5, 0.6) is 0 Å². The van der Waals surface area contributed by atoms with E-state index in [2.05, 4.69) is 20.7 Å². The summed E-state index contributed by atoms with van der Waals surface area (Å²) in [5, 5.41) is 1.41. The summed E-state index contributed by atoms with van der Waals surface area (Å²) in [7, 11) is -4.02. The van der Waals surface area contributed by atoms with Crippen molar-refractivity contribution in [2.24, 2.45) is 0 Å². The Labute approximate surface area is 135 Å². The van der Waals surface area contributed by atoms with Crippen molar-refractivity contribution in [1.29, 1.82) is 0 Å². The van der Waals surface area contributed by atoms with Crippen LogP contribution in [-0.4, -0.2) is 8.42 Å². The normalized spacial score (nSPS) is 12.4. The lowest BCUT2D eigenvalue weighted by Gasteiger charge is -2.12. The summed E-state index contributed by atoms with van der Waals surface area (Å²) in [6, 6.07) is 3.95. The highest BCUT2D eigenvalue weighted by molar-refractivity contribution is 9.10. The van der Waals surface area contributed by atoms with Crippen molar-refractivity contribution in [1.82, 2.24) is 0 Å². The van der Waals surface area contributed by atoms with Gasteiger partial charge in [0.2, 0.25) is 0 Å². The van der Waals surface area contributed by atoms with E-state index < -0.39 is 21.8 Å². The minimum Gasteiger partial charge on any atom is -0.277 e. The molecule has 0 fully saturated rings. The van der Waals surface area contributed by atoms with Crippen molar-refractivity contribution in [3.8, 4) is 0 Å². The molecule has 114 valence electrons. The average Bonchev–Trinajstić information content (AvgIpc) is 2.77. The molecule has 0 spiro atoms. The maximum atomic E-state index is 12.6. The van der Waals surface area contributed by atoms with Crippen LogP contribution in [0.2, 0.25) is 5.02 Å². The van der Waals surface area contributed by atoms with Gasteiger partial charge in [0.05, 0.1) is 16.3 Å². The summed E-state index contributed by atoms with van der Waals surface area (Å²) < 4.78 is 64.5. The zero-order valence-corrected chi connectivity index (χ0v) is 13.9. The van der Waals surface area contributed by atoms with Crippen LogP contribution in [0.15, 0.2) is 38.3 Å². The summed E-state index contributed by atoms with van der Waals surface area (Å²) in [4.78, 5) is 0. The lowest BCUT2D eigenvalue weighted by Crippen LogP contribution is -2.13. The van der Waals surface area contributed by atoms with Gasteiger partial charge in [-0.2, -0.15) is 13.2 Å². The maximum Gasteiger partial charge on any atom is 0.416 e. The molecule has 0 bridgehead atoms. The van der Waals surface area contributed by atoms with Gasteiger partial charge in [-0.3, -0.25) is 4.72 Å². The number of rotatable bonds is 3. The Bertz CT molecular complexity index is 774. The first-order chi connectivity index (χ1) is 9.61. The van der Waals surface area contributed by atoms with Gasteiger partial charge in [0.1, 0.15) is 0 Å². The fourth-order valence-electron chi connectivity index (χ4n) is 1.44. The first-order valence-corrected chi connectivity index (χ1v) is 8.77. The first-order valence-electron chi connectivity index (χ1n) is 5.24. The third-order valence-electron chi connectivity index (χ3n) is 2.37. The van der Waals surface area contributed by atoms with Crippen LogP contribution in [0.3, 0.4) is 0 Å². The molecule has 0 saturated heterocycles. The molecule has 0 radical (unpaired) electrons. The van der Waals surface area contributed by atoms with Crippen molar-refractivity contribution < 1.29 is 21.6 Å². The second kappa shape index (κ2) is 5.79. The Kier molecular flexibility index (Phi) is 4.57. The summed E-state index contributed by atoms with van der Waals surface area (Å²) in [6.07, 6.45) is -4.59. The summed E-state index contributed by atoms with van der Waals surface area (Å²) >= 11 is 9.74. The number of halogens is 5. The maximum absolute atomic E-state index is 12.6. The molecule has 1 aromatic heterocycles. The largest absolute Gasteiger partial charge is 0.416 e. The molecule has 1 heterocycles. The van der Waals surface area contributed by atoms with Crippen LogP contribution in [0, 0.1) is 0 Å².